The monoisotopic (exact) mass is 323 g/mol. The number of aromatic nitrogens is 2. The molecule has 0 atom stereocenters. The third-order valence-corrected chi connectivity index (χ3v) is 3.93. The average molecular weight is 323 g/mol. The van der Waals surface area contributed by atoms with E-state index in [1.165, 1.54) is 12.1 Å². The minimum atomic E-state index is -0.303. The molecule has 3 aromatic rings. The molecule has 0 aliphatic rings. The van der Waals surface area contributed by atoms with Crippen LogP contribution in [-0.4, -0.2) is 15.5 Å². The van der Waals surface area contributed by atoms with E-state index >= 15 is 0 Å². The number of rotatable bonds is 4. The average Bonchev–Trinajstić information content (AvgIpc) is 2.89. The number of nitrogens with zero attached hydrogens (tertiary/aromatic N) is 2. The second-order valence-corrected chi connectivity index (χ2v) is 5.63. The van der Waals surface area contributed by atoms with Gasteiger partial charge in [0.05, 0.1) is 17.6 Å². The van der Waals surface area contributed by atoms with E-state index in [0.29, 0.717) is 16.9 Å². The number of carbonyl (C=O) groups excluding carboxylic acids is 1. The van der Waals surface area contributed by atoms with Crippen molar-refractivity contribution in [3.63, 3.8) is 0 Å². The quantitative estimate of drug-likeness (QED) is 0.748. The number of hydrogen-bond donors (Lipinski definition) is 1. The highest BCUT2D eigenvalue weighted by Crippen LogP contribution is 2.16. The maximum absolute atomic E-state index is 13.3. The zero-order valence-electron chi connectivity index (χ0n) is 13.6. The Morgan fingerprint density at radius 2 is 2.00 bits per heavy atom. The molecule has 1 N–H and O–H groups in total. The fourth-order valence-electron chi connectivity index (χ4n) is 2.57. The van der Waals surface area contributed by atoms with E-state index in [9.17, 15) is 9.18 Å². The minimum absolute atomic E-state index is 0.186. The summed E-state index contributed by atoms with van der Waals surface area (Å²) in [6.45, 7) is 2.18. The van der Waals surface area contributed by atoms with E-state index in [2.05, 4.69) is 10.3 Å². The number of allylic oxidation sites excluding steroid dienone is 1. The second-order valence-electron chi connectivity index (χ2n) is 5.63. The van der Waals surface area contributed by atoms with Crippen molar-refractivity contribution >= 4 is 22.5 Å². The van der Waals surface area contributed by atoms with E-state index in [-0.39, 0.29) is 18.3 Å². The number of benzene rings is 2. The fourth-order valence-corrected chi connectivity index (χ4v) is 2.57. The van der Waals surface area contributed by atoms with Crippen LogP contribution in [0.25, 0.3) is 16.6 Å². The smallest absolute Gasteiger partial charge is 0.244 e. The van der Waals surface area contributed by atoms with Gasteiger partial charge in [0, 0.05) is 13.1 Å². The third kappa shape index (κ3) is 3.35. The Bertz CT molecular complexity index is 913. The first-order chi connectivity index (χ1) is 11.5. The molecule has 0 saturated carbocycles. The molecule has 24 heavy (non-hydrogen) atoms. The third-order valence-electron chi connectivity index (χ3n) is 3.93. The standard InChI is InChI=1S/C19H18FN3O/c1-13(14-6-4-3-5-7-14)10-19(24)21-12-18-22-16-9-8-15(20)11-17(16)23(18)2/h3-11H,12H2,1-2H3,(H,21,24)/b13-10+. The van der Waals surface area contributed by atoms with Gasteiger partial charge in [-0.25, -0.2) is 9.37 Å². The summed E-state index contributed by atoms with van der Waals surface area (Å²) >= 11 is 0. The number of nitrogens with one attached hydrogen (secondary N) is 1. The molecular weight excluding hydrogens is 305 g/mol. The molecule has 0 saturated heterocycles. The lowest BCUT2D eigenvalue weighted by Crippen LogP contribution is -2.22. The van der Waals surface area contributed by atoms with Crippen molar-refractivity contribution in [1.29, 1.82) is 0 Å². The van der Waals surface area contributed by atoms with Crippen molar-refractivity contribution in [3.05, 3.63) is 71.8 Å². The highest BCUT2D eigenvalue weighted by atomic mass is 19.1. The topological polar surface area (TPSA) is 46.9 Å². The lowest BCUT2D eigenvalue weighted by molar-refractivity contribution is -0.116. The largest absolute Gasteiger partial charge is 0.345 e. The normalized spacial score (nSPS) is 11.7. The number of aryl methyl sites for hydroxylation is 1. The summed E-state index contributed by atoms with van der Waals surface area (Å²) in [6.07, 6.45) is 1.57. The Morgan fingerprint density at radius 1 is 1.25 bits per heavy atom. The molecule has 0 aliphatic heterocycles. The molecule has 4 nitrogen and oxygen atoms in total. The van der Waals surface area contributed by atoms with Crippen LogP contribution < -0.4 is 5.32 Å². The van der Waals surface area contributed by atoms with Gasteiger partial charge in [0.15, 0.2) is 0 Å². The number of halogens is 1. The van der Waals surface area contributed by atoms with Crippen molar-refractivity contribution in [2.75, 3.05) is 0 Å². The summed E-state index contributed by atoms with van der Waals surface area (Å²) in [4.78, 5) is 16.5. The van der Waals surface area contributed by atoms with Crippen molar-refractivity contribution in [1.82, 2.24) is 14.9 Å². The fraction of sp³-hybridized carbons (Fsp3) is 0.158. The molecule has 0 aliphatic carbocycles. The molecule has 1 heterocycles. The summed E-state index contributed by atoms with van der Waals surface area (Å²) in [7, 11) is 1.81. The highest BCUT2D eigenvalue weighted by Gasteiger charge is 2.09. The van der Waals surface area contributed by atoms with Crippen LogP contribution in [0.15, 0.2) is 54.6 Å². The van der Waals surface area contributed by atoms with Crippen molar-refractivity contribution in [2.24, 2.45) is 7.05 Å². The number of amides is 1. The predicted octanol–water partition coefficient (Wildman–Crippen LogP) is 3.43. The summed E-state index contributed by atoms with van der Waals surface area (Å²) in [5, 5.41) is 2.82. The van der Waals surface area contributed by atoms with Crippen molar-refractivity contribution in [2.45, 2.75) is 13.5 Å². The summed E-state index contributed by atoms with van der Waals surface area (Å²) < 4.78 is 15.1. The predicted molar refractivity (Wildman–Crippen MR) is 92.6 cm³/mol. The zero-order valence-corrected chi connectivity index (χ0v) is 13.6. The van der Waals surface area contributed by atoms with Gasteiger partial charge in [0.1, 0.15) is 11.6 Å². The Hall–Kier alpha value is -2.95. The van der Waals surface area contributed by atoms with Crippen molar-refractivity contribution in [3.8, 4) is 0 Å². The van der Waals surface area contributed by atoms with Gasteiger partial charge in [-0.3, -0.25) is 4.79 Å². The van der Waals surface area contributed by atoms with Gasteiger partial charge in [-0.2, -0.15) is 0 Å². The summed E-state index contributed by atoms with van der Waals surface area (Å²) in [5.41, 5.74) is 3.31. The van der Waals surface area contributed by atoms with Gasteiger partial charge in [0.25, 0.3) is 0 Å². The van der Waals surface area contributed by atoms with Crippen LogP contribution in [-0.2, 0) is 18.4 Å². The van der Waals surface area contributed by atoms with Crippen LogP contribution >= 0.6 is 0 Å². The molecule has 0 unspecified atom stereocenters. The van der Waals surface area contributed by atoms with Crippen LogP contribution in [0, 0.1) is 5.82 Å². The van der Waals surface area contributed by atoms with Crippen LogP contribution in [0.5, 0.6) is 0 Å². The molecular formula is C19H18FN3O. The Balaban J connectivity index is 1.72. The molecule has 1 aromatic heterocycles. The van der Waals surface area contributed by atoms with E-state index in [1.807, 2.05) is 37.3 Å². The van der Waals surface area contributed by atoms with Crippen LogP contribution in [0.1, 0.15) is 18.3 Å². The van der Waals surface area contributed by atoms with Gasteiger partial charge in [-0.1, -0.05) is 30.3 Å². The van der Waals surface area contributed by atoms with Crippen LogP contribution in [0.4, 0.5) is 4.39 Å². The van der Waals surface area contributed by atoms with Gasteiger partial charge in [-0.15, -0.1) is 0 Å². The Kier molecular flexibility index (Phi) is 4.42. The first-order valence-corrected chi connectivity index (χ1v) is 7.67. The molecule has 5 heteroatoms. The molecule has 0 fully saturated rings. The van der Waals surface area contributed by atoms with Gasteiger partial charge < -0.3 is 9.88 Å². The van der Waals surface area contributed by atoms with Crippen LogP contribution in [0.3, 0.4) is 0 Å². The molecule has 0 bridgehead atoms. The minimum Gasteiger partial charge on any atom is -0.345 e. The Labute approximate surface area is 139 Å². The molecule has 1 amide bonds. The molecule has 122 valence electrons. The molecule has 3 rings (SSSR count). The number of fused-ring (bicyclic) bond motifs is 1. The zero-order chi connectivity index (χ0) is 17.1. The SMILES string of the molecule is C/C(=C\C(=O)NCc1nc2ccc(F)cc2n1C)c1ccccc1. The van der Waals surface area contributed by atoms with Crippen LogP contribution in [0.2, 0.25) is 0 Å². The first kappa shape index (κ1) is 15.9. The van der Waals surface area contributed by atoms with E-state index in [1.54, 1.807) is 23.8 Å². The van der Waals surface area contributed by atoms with Crippen molar-refractivity contribution < 1.29 is 9.18 Å². The van der Waals surface area contributed by atoms with E-state index < -0.39 is 0 Å². The maximum Gasteiger partial charge on any atom is 0.244 e. The first-order valence-electron chi connectivity index (χ1n) is 7.67. The molecule has 0 radical (unpaired) electrons. The number of imidazole rings is 1. The van der Waals surface area contributed by atoms with E-state index in [0.717, 1.165) is 11.1 Å². The summed E-state index contributed by atoms with van der Waals surface area (Å²) in [6, 6.07) is 14.2. The van der Waals surface area contributed by atoms with Gasteiger partial charge >= 0.3 is 0 Å². The molecule has 2 aromatic carbocycles. The maximum atomic E-state index is 13.3. The summed E-state index contributed by atoms with van der Waals surface area (Å²) in [5.74, 6) is 0.187. The number of carbonyl (C=O) groups is 1. The highest BCUT2D eigenvalue weighted by molar-refractivity contribution is 5.94. The van der Waals surface area contributed by atoms with Gasteiger partial charge in [-0.05, 0) is 36.3 Å². The van der Waals surface area contributed by atoms with Gasteiger partial charge in [0.2, 0.25) is 5.91 Å². The number of hydrogen-bond acceptors (Lipinski definition) is 2. The lowest BCUT2D eigenvalue weighted by Gasteiger charge is -2.05. The second kappa shape index (κ2) is 6.66. The molecule has 0 spiro atoms. The lowest BCUT2D eigenvalue weighted by atomic mass is 10.1. The van der Waals surface area contributed by atoms with E-state index in [4.69, 9.17) is 0 Å². The Morgan fingerprint density at radius 3 is 2.75 bits per heavy atom.